The van der Waals surface area contributed by atoms with Gasteiger partial charge in [0.15, 0.2) is 0 Å². The number of nitrogens with one attached hydrogen (secondary N) is 1. The summed E-state index contributed by atoms with van der Waals surface area (Å²) >= 11 is 0. The zero-order valence-corrected chi connectivity index (χ0v) is 12.6. The van der Waals surface area contributed by atoms with Crippen molar-refractivity contribution in [3.63, 3.8) is 0 Å². The third-order valence-electron chi connectivity index (χ3n) is 4.31. The number of hydrogen-bond donors (Lipinski definition) is 1. The van der Waals surface area contributed by atoms with Crippen LogP contribution in [0.25, 0.3) is 0 Å². The molecule has 2 unspecified atom stereocenters. The first kappa shape index (κ1) is 14.9. The van der Waals surface area contributed by atoms with Crippen molar-refractivity contribution in [2.75, 3.05) is 5.32 Å². The number of hydrogen-bond acceptors (Lipinski definition) is 2. The Labute approximate surface area is 123 Å². The van der Waals surface area contributed by atoms with E-state index in [2.05, 4.69) is 42.6 Å². The maximum atomic E-state index is 9.32. The summed E-state index contributed by atoms with van der Waals surface area (Å²) in [6, 6.07) is 11.6. The number of aryl methyl sites for hydroxylation is 1. The maximum absolute atomic E-state index is 9.32. The molecule has 108 valence electrons. The van der Waals surface area contributed by atoms with Gasteiger partial charge in [0, 0.05) is 11.7 Å². The van der Waals surface area contributed by atoms with Gasteiger partial charge in [0.1, 0.15) is 0 Å². The highest BCUT2D eigenvalue weighted by Gasteiger charge is 2.23. The fraction of sp³-hybridized carbons (Fsp3) is 0.611. The largest absolute Gasteiger partial charge is 0.381 e. The van der Waals surface area contributed by atoms with Crippen molar-refractivity contribution < 1.29 is 0 Å². The van der Waals surface area contributed by atoms with Crippen molar-refractivity contribution in [2.45, 2.75) is 64.3 Å². The van der Waals surface area contributed by atoms with Crippen molar-refractivity contribution >= 4 is 5.69 Å². The molecule has 0 amide bonds. The van der Waals surface area contributed by atoms with Gasteiger partial charge in [0.25, 0.3) is 0 Å². The first-order chi connectivity index (χ1) is 9.83. The van der Waals surface area contributed by atoms with Crippen LogP contribution in [-0.2, 0) is 6.42 Å². The Bertz CT molecular complexity index is 430. The van der Waals surface area contributed by atoms with Crippen LogP contribution < -0.4 is 5.32 Å². The molecule has 1 aliphatic carbocycles. The normalized spacial score (nSPS) is 22.8. The highest BCUT2D eigenvalue weighted by molar-refractivity contribution is 5.46. The maximum Gasteiger partial charge on any atom is 0.0677 e. The predicted octanol–water partition coefficient (Wildman–Crippen LogP) is 4.91. The van der Waals surface area contributed by atoms with Crippen LogP contribution in [0.1, 0.15) is 57.4 Å². The first-order valence-corrected chi connectivity index (χ1v) is 8.08. The van der Waals surface area contributed by atoms with E-state index in [1.165, 1.54) is 44.1 Å². The lowest BCUT2D eigenvalue weighted by Gasteiger charge is -2.22. The van der Waals surface area contributed by atoms with Gasteiger partial charge in [-0.05, 0) is 43.4 Å². The minimum atomic E-state index is 0.164. The predicted molar refractivity (Wildman–Crippen MR) is 84.7 cm³/mol. The van der Waals surface area contributed by atoms with Gasteiger partial charge in [-0.25, -0.2) is 0 Å². The van der Waals surface area contributed by atoms with E-state index >= 15 is 0 Å². The molecule has 1 aliphatic rings. The summed E-state index contributed by atoms with van der Waals surface area (Å²) in [5.74, 6) is 0.164. The van der Waals surface area contributed by atoms with E-state index in [1.54, 1.807) is 0 Å². The second-order valence-electron chi connectivity index (χ2n) is 5.92. The molecule has 2 heteroatoms. The van der Waals surface area contributed by atoms with E-state index in [0.29, 0.717) is 6.04 Å². The van der Waals surface area contributed by atoms with Crippen molar-refractivity contribution in [1.29, 1.82) is 5.26 Å². The molecular weight excluding hydrogens is 244 g/mol. The number of nitriles is 1. The number of nitrogens with zero attached hydrogens (tertiary/aromatic N) is 1. The van der Waals surface area contributed by atoms with Gasteiger partial charge < -0.3 is 5.32 Å². The van der Waals surface area contributed by atoms with Gasteiger partial charge in [-0.3, -0.25) is 0 Å². The van der Waals surface area contributed by atoms with Crippen LogP contribution in [-0.4, -0.2) is 6.04 Å². The third kappa shape index (κ3) is 4.27. The van der Waals surface area contributed by atoms with Crippen LogP contribution >= 0.6 is 0 Å². The molecule has 1 fully saturated rings. The molecule has 20 heavy (non-hydrogen) atoms. The zero-order valence-electron chi connectivity index (χ0n) is 12.6. The lowest BCUT2D eigenvalue weighted by atomic mass is 9.96. The minimum Gasteiger partial charge on any atom is -0.381 e. The Morgan fingerprint density at radius 2 is 1.90 bits per heavy atom. The summed E-state index contributed by atoms with van der Waals surface area (Å²) in [6.07, 6.45) is 9.54. The van der Waals surface area contributed by atoms with Crippen LogP contribution in [0, 0.1) is 17.2 Å². The second-order valence-corrected chi connectivity index (χ2v) is 5.92. The van der Waals surface area contributed by atoms with Crippen molar-refractivity contribution in [3.8, 4) is 6.07 Å². The van der Waals surface area contributed by atoms with E-state index in [-0.39, 0.29) is 5.92 Å². The number of unbranched alkanes of at least 4 members (excludes halogenated alkanes) is 1. The molecular formula is C18H26N2. The highest BCUT2D eigenvalue weighted by atomic mass is 14.9. The molecule has 1 saturated carbocycles. The van der Waals surface area contributed by atoms with E-state index in [0.717, 1.165) is 18.5 Å². The average Bonchev–Trinajstić information content (AvgIpc) is 2.71. The smallest absolute Gasteiger partial charge is 0.0677 e. The third-order valence-corrected chi connectivity index (χ3v) is 4.31. The molecule has 1 aromatic carbocycles. The van der Waals surface area contributed by atoms with Crippen LogP contribution in [0.15, 0.2) is 24.3 Å². The fourth-order valence-corrected chi connectivity index (χ4v) is 3.00. The molecule has 0 saturated heterocycles. The summed E-state index contributed by atoms with van der Waals surface area (Å²) in [7, 11) is 0. The van der Waals surface area contributed by atoms with Gasteiger partial charge in [0.2, 0.25) is 0 Å². The Morgan fingerprint density at radius 1 is 1.15 bits per heavy atom. The van der Waals surface area contributed by atoms with Crippen LogP contribution in [0.3, 0.4) is 0 Å². The Balaban J connectivity index is 1.95. The van der Waals surface area contributed by atoms with Crippen molar-refractivity contribution in [1.82, 2.24) is 0 Å². The lowest BCUT2D eigenvalue weighted by molar-refractivity contribution is 0.514. The monoisotopic (exact) mass is 270 g/mol. The summed E-state index contributed by atoms with van der Waals surface area (Å²) in [6.45, 7) is 2.23. The minimum absolute atomic E-state index is 0.164. The molecule has 0 aromatic heterocycles. The molecule has 1 aromatic rings. The molecule has 2 rings (SSSR count). The molecule has 0 bridgehead atoms. The standard InChI is InChI=1S/C18H26N2/c1-2-3-7-15-10-12-17(13-11-15)20-18-9-6-4-5-8-16(18)14-19/h10-13,16,18,20H,2-9H2,1H3. The van der Waals surface area contributed by atoms with Gasteiger partial charge >= 0.3 is 0 Å². The molecule has 1 N–H and O–H groups in total. The molecule has 2 atom stereocenters. The zero-order chi connectivity index (χ0) is 14.2. The Kier molecular flexibility index (Phi) is 5.92. The number of benzene rings is 1. The van der Waals surface area contributed by atoms with E-state index in [9.17, 15) is 5.26 Å². The lowest BCUT2D eigenvalue weighted by Crippen LogP contribution is -2.27. The molecule has 2 nitrogen and oxygen atoms in total. The summed E-state index contributed by atoms with van der Waals surface area (Å²) < 4.78 is 0. The number of anilines is 1. The van der Waals surface area contributed by atoms with Gasteiger partial charge in [-0.15, -0.1) is 0 Å². The summed E-state index contributed by atoms with van der Waals surface area (Å²) in [5, 5.41) is 12.9. The van der Waals surface area contributed by atoms with Gasteiger partial charge in [-0.1, -0.05) is 44.7 Å². The molecule has 0 heterocycles. The summed E-state index contributed by atoms with van der Waals surface area (Å²) in [4.78, 5) is 0. The highest BCUT2D eigenvalue weighted by Crippen LogP contribution is 2.26. The quantitative estimate of drug-likeness (QED) is 0.771. The van der Waals surface area contributed by atoms with Gasteiger partial charge in [0.05, 0.1) is 12.0 Å². The van der Waals surface area contributed by atoms with Crippen LogP contribution in [0.2, 0.25) is 0 Å². The molecule has 0 spiro atoms. The van der Waals surface area contributed by atoms with E-state index in [1.807, 2.05) is 0 Å². The Morgan fingerprint density at radius 3 is 2.60 bits per heavy atom. The van der Waals surface area contributed by atoms with Crippen LogP contribution in [0.4, 0.5) is 5.69 Å². The van der Waals surface area contributed by atoms with Crippen molar-refractivity contribution in [2.24, 2.45) is 5.92 Å². The SMILES string of the molecule is CCCCc1ccc(NC2CCCCCC2C#N)cc1. The average molecular weight is 270 g/mol. The van der Waals surface area contributed by atoms with E-state index in [4.69, 9.17) is 0 Å². The second kappa shape index (κ2) is 7.94. The molecule has 0 radical (unpaired) electrons. The van der Waals surface area contributed by atoms with Crippen molar-refractivity contribution in [3.05, 3.63) is 29.8 Å². The summed E-state index contributed by atoms with van der Waals surface area (Å²) in [5.41, 5.74) is 2.58. The Hall–Kier alpha value is -1.49. The topological polar surface area (TPSA) is 35.8 Å². The van der Waals surface area contributed by atoms with Crippen LogP contribution in [0.5, 0.6) is 0 Å². The van der Waals surface area contributed by atoms with Gasteiger partial charge in [-0.2, -0.15) is 5.26 Å². The number of rotatable bonds is 5. The van der Waals surface area contributed by atoms with E-state index < -0.39 is 0 Å². The first-order valence-electron chi connectivity index (χ1n) is 8.08. The fourth-order valence-electron chi connectivity index (χ4n) is 3.00. The molecule has 0 aliphatic heterocycles.